The van der Waals surface area contributed by atoms with Gasteiger partial charge in [-0.05, 0) is 55.7 Å². The van der Waals surface area contributed by atoms with Crippen molar-refractivity contribution >= 4 is 21.7 Å². The van der Waals surface area contributed by atoms with Crippen molar-refractivity contribution in [3.8, 4) is 11.6 Å². The van der Waals surface area contributed by atoms with Crippen LogP contribution in [0.5, 0.6) is 5.88 Å². The molecule has 0 saturated heterocycles. The van der Waals surface area contributed by atoms with Crippen molar-refractivity contribution in [3.05, 3.63) is 59.9 Å². The molecule has 2 aromatic heterocycles. The van der Waals surface area contributed by atoms with Gasteiger partial charge in [0.1, 0.15) is 0 Å². The van der Waals surface area contributed by atoms with E-state index in [1.165, 1.54) is 35.0 Å². The van der Waals surface area contributed by atoms with E-state index in [4.69, 9.17) is 0 Å². The predicted molar refractivity (Wildman–Crippen MR) is 105 cm³/mol. The fourth-order valence-electron chi connectivity index (χ4n) is 3.60. The van der Waals surface area contributed by atoms with E-state index in [2.05, 4.69) is 67.9 Å². The largest absolute Gasteiger partial charge is 0.494 e. The molecule has 0 aliphatic rings. The summed E-state index contributed by atoms with van der Waals surface area (Å²) < 4.78 is 4.07. The Morgan fingerprint density at radius 2 is 1.84 bits per heavy atom. The maximum absolute atomic E-state index is 10.8. The van der Waals surface area contributed by atoms with Crippen LogP contribution in [0.15, 0.2) is 48.7 Å². The molecule has 0 unspecified atom stereocenters. The molecule has 0 fully saturated rings. The number of aromatic nitrogens is 2. The van der Waals surface area contributed by atoms with E-state index in [1.807, 2.05) is 10.8 Å². The Labute approximate surface area is 148 Å². The van der Waals surface area contributed by atoms with Gasteiger partial charge in [0.25, 0.3) is 0 Å². The molecule has 2 heterocycles. The smallest absolute Gasteiger partial charge is 0.203 e. The molecule has 3 nitrogen and oxygen atoms in total. The van der Waals surface area contributed by atoms with Gasteiger partial charge in [-0.2, -0.15) is 0 Å². The van der Waals surface area contributed by atoms with Crippen molar-refractivity contribution in [2.75, 3.05) is 0 Å². The zero-order valence-corrected chi connectivity index (χ0v) is 15.1. The van der Waals surface area contributed by atoms with Crippen molar-refractivity contribution in [2.45, 2.75) is 33.1 Å². The molecule has 2 aromatic carbocycles. The number of fused-ring (bicyclic) bond motifs is 2. The third kappa shape index (κ3) is 2.60. The standard InChI is InChI=1S/C22H24N2O/c1-4-5-6-16-7-8-17-14-24(22(25)20(17)12-16)19-9-10-21-18(13-19)11-15(2)23(21)3/h7-14,25H,4-6H2,1-3H3. The van der Waals surface area contributed by atoms with Gasteiger partial charge in [-0.3, -0.25) is 4.57 Å². The molecule has 0 atom stereocenters. The predicted octanol–water partition coefficient (Wildman–Crippen LogP) is 5.48. The van der Waals surface area contributed by atoms with Crippen molar-refractivity contribution in [2.24, 2.45) is 7.05 Å². The number of benzene rings is 2. The summed E-state index contributed by atoms with van der Waals surface area (Å²) >= 11 is 0. The lowest BCUT2D eigenvalue weighted by Gasteiger charge is -2.06. The lowest BCUT2D eigenvalue weighted by atomic mass is 10.1. The summed E-state index contributed by atoms with van der Waals surface area (Å²) in [5.74, 6) is 0.320. The monoisotopic (exact) mass is 332 g/mol. The fraction of sp³-hybridized carbons (Fsp3) is 0.273. The molecule has 0 saturated carbocycles. The van der Waals surface area contributed by atoms with Crippen LogP contribution in [0.4, 0.5) is 0 Å². The summed E-state index contributed by atoms with van der Waals surface area (Å²) in [4.78, 5) is 0. The Kier molecular flexibility index (Phi) is 3.79. The normalized spacial score (nSPS) is 11.6. The summed E-state index contributed by atoms with van der Waals surface area (Å²) in [5.41, 5.74) is 4.72. The Bertz CT molecular complexity index is 1070. The van der Waals surface area contributed by atoms with E-state index in [0.717, 1.165) is 22.9 Å². The number of hydrogen-bond donors (Lipinski definition) is 1. The highest BCUT2D eigenvalue weighted by Gasteiger charge is 2.12. The van der Waals surface area contributed by atoms with E-state index in [0.29, 0.717) is 5.88 Å². The SMILES string of the molecule is CCCCc1ccc2cn(-c3ccc4c(c3)cc(C)n4C)c(O)c2c1. The fourth-order valence-corrected chi connectivity index (χ4v) is 3.60. The summed E-state index contributed by atoms with van der Waals surface area (Å²) in [6.45, 7) is 4.31. The number of hydrogen-bond acceptors (Lipinski definition) is 1. The molecule has 0 amide bonds. The van der Waals surface area contributed by atoms with Crippen LogP contribution in [0, 0.1) is 6.92 Å². The van der Waals surface area contributed by atoms with E-state index >= 15 is 0 Å². The zero-order chi connectivity index (χ0) is 17.6. The van der Waals surface area contributed by atoms with Crippen LogP contribution >= 0.6 is 0 Å². The topological polar surface area (TPSA) is 30.1 Å². The van der Waals surface area contributed by atoms with Crippen LogP contribution in [-0.2, 0) is 13.5 Å². The highest BCUT2D eigenvalue weighted by Crippen LogP contribution is 2.32. The van der Waals surface area contributed by atoms with Gasteiger partial charge in [0.05, 0.1) is 0 Å². The van der Waals surface area contributed by atoms with Crippen molar-refractivity contribution in [3.63, 3.8) is 0 Å². The molecule has 1 N–H and O–H groups in total. The summed E-state index contributed by atoms with van der Waals surface area (Å²) in [6, 6.07) is 14.9. The lowest BCUT2D eigenvalue weighted by molar-refractivity contribution is 0.448. The molecule has 0 radical (unpaired) electrons. The molecule has 4 rings (SSSR count). The van der Waals surface area contributed by atoms with Crippen molar-refractivity contribution < 1.29 is 5.11 Å². The third-order valence-corrected chi connectivity index (χ3v) is 5.22. The van der Waals surface area contributed by atoms with Gasteiger partial charge >= 0.3 is 0 Å². The van der Waals surface area contributed by atoms with Crippen LogP contribution in [0.3, 0.4) is 0 Å². The molecule has 0 bridgehead atoms. The van der Waals surface area contributed by atoms with Gasteiger partial charge in [-0.25, -0.2) is 0 Å². The van der Waals surface area contributed by atoms with E-state index in [-0.39, 0.29) is 0 Å². The first kappa shape index (κ1) is 15.8. The van der Waals surface area contributed by atoms with Gasteiger partial charge < -0.3 is 9.67 Å². The minimum absolute atomic E-state index is 0.320. The Balaban J connectivity index is 1.82. The van der Waals surface area contributed by atoms with E-state index in [1.54, 1.807) is 0 Å². The Morgan fingerprint density at radius 1 is 1.00 bits per heavy atom. The molecule has 25 heavy (non-hydrogen) atoms. The summed E-state index contributed by atoms with van der Waals surface area (Å²) in [6.07, 6.45) is 5.44. The quantitative estimate of drug-likeness (QED) is 0.527. The summed E-state index contributed by atoms with van der Waals surface area (Å²) in [7, 11) is 2.08. The van der Waals surface area contributed by atoms with E-state index in [9.17, 15) is 5.11 Å². The molecule has 4 aromatic rings. The second kappa shape index (κ2) is 5.99. The Hall–Kier alpha value is -2.68. The lowest BCUT2D eigenvalue weighted by Crippen LogP contribution is -1.92. The van der Waals surface area contributed by atoms with Crippen LogP contribution in [0.1, 0.15) is 31.0 Å². The first-order valence-corrected chi connectivity index (χ1v) is 8.98. The highest BCUT2D eigenvalue weighted by atomic mass is 16.3. The third-order valence-electron chi connectivity index (χ3n) is 5.22. The highest BCUT2D eigenvalue weighted by molar-refractivity contribution is 5.90. The van der Waals surface area contributed by atoms with Crippen molar-refractivity contribution in [1.82, 2.24) is 9.13 Å². The molecule has 0 aliphatic carbocycles. The van der Waals surface area contributed by atoms with E-state index < -0.39 is 0 Å². The zero-order valence-electron chi connectivity index (χ0n) is 15.1. The molecular weight excluding hydrogens is 308 g/mol. The second-order valence-electron chi connectivity index (χ2n) is 6.94. The number of nitrogens with zero attached hydrogens (tertiary/aromatic N) is 2. The molecule has 0 aliphatic heterocycles. The number of aromatic hydroxyl groups is 1. The minimum atomic E-state index is 0.320. The maximum atomic E-state index is 10.8. The maximum Gasteiger partial charge on any atom is 0.203 e. The van der Waals surface area contributed by atoms with Crippen LogP contribution in [0.25, 0.3) is 27.4 Å². The van der Waals surface area contributed by atoms with Gasteiger partial charge in [0.15, 0.2) is 0 Å². The average Bonchev–Trinajstić information content (AvgIpc) is 3.10. The van der Waals surface area contributed by atoms with Crippen molar-refractivity contribution in [1.29, 1.82) is 0 Å². The van der Waals surface area contributed by atoms with Crippen LogP contribution in [0.2, 0.25) is 0 Å². The molecule has 128 valence electrons. The molecule has 3 heteroatoms. The number of aryl methyl sites for hydroxylation is 3. The molecular formula is C22H24N2O. The van der Waals surface area contributed by atoms with Gasteiger partial charge in [0, 0.05) is 46.3 Å². The molecule has 0 spiro atoms. The minimum Gasteiger partial charge on any atom is -0.494 e. The van der Waals surface area contributed by atoms with Crippen LogP contribution in [-0.4, -0.2) is 14.2 Å². The van der Waals surface area contributed by atoms with Gasteiger partial charge in [0.2, 0.25) is 5.88 Å². The Morgan fingerprint density at radius 3 is 2.64 bits per heavy atom. The summed E-state index contributed by atoms with van der Waals surface area (Å²) in [5, 5.41) is 14.0. The van der Waals surface area contributed by atoms with Crippen LogP contribution < -0.4 is 0 Å². The van der Waals surface area contributed by atoms with Gasteiger partial charge in [-0.15, -0.1) is 0 Å². The first-order valence-electron chi connectivity index (χ1n) is 8.98. The second-order valence-corrected chi connectivity index (χ2v) is 6.94. The number of unbranched alkanes of at least 4 members (excludes halogenated alkanes) is 1. The van der Waals surface area contributed by atoms with Gasteiger partial charge in [-0.1, -0.05) is 25.5 Å². The number of rotatable bonds is 4. The first-order chi connectivity index (χ1) is 12.1. The average molecular weight is 332 g/mol.